The van der Waals surface area contributed by atoms with Crippen LogP contribution in [0.4, 0.5) is 5.69 Å². The molecule has 0 aliphatic carbocycles. The monoisotopic (exact) mass is 578 g/mol. The molecule has 10 heteroatoms. The summed E-state index contributed by atoms with van der Waals surface area (Å²) >= 11 is 0. The smallest absolute Gasteiger partial charge is 0.251 e. The van der Waals surface area contributed by atoms with Crippen molar-refractivity contribution in [2.24, 2.45) is 0 Å². The molecule has 1 amide bonds. The highest BCUT2D eigenvalue weighted by molar-refractivity contribution is 5.94. The molecule has 0 spiro atoms. The summed E-state index contributed by atoms with van der Waals surface area (Å²) in [5.74, 6) is 2.01. The van der Waals surface area contributed by atoms with Gasteiger partial charge in [0.05, 0.1) is 32.2 Å². The molecule has 2 aromatic carbocycles. The maximum absolute atomic E-state index is 12.7. The first-order chi connectivity index (χ1) is 20.6. The second-order valence-electron chi connectivity index (χ2n) is 10.6. The van der Waals surface area contributed by atoms with E-state index in [4.69, 9.17) is 14.2 Å². The fraction of sp³-hybridized carbons (Fsp3) is 0.531. The van der Waals surface area contributed by atoms with E-state index in [9.17, 15) is 4.79 Å². The number of methoxy groups -OCH3 is 2. The molecule has 0 radical (unpaired) electrons. The zero-order valence-electron chi connectivity index (χ0n) is 25.4. The Morgan fingerprint density at radius 1 is 0.905 bits per heavy atom. The van der Waals surface area contributed by atoms with Crippen molar-refractivity contribution in [1.29, 1.82) is 0 Å². The first-order valence-corrected chi connectivity index (χ1v) is 15.2. The van der Waals surface area contributed by atoms with Gasteiger partial charge in [-0.1, -0.05) is 30.7 Å². The minimum atomic E-state index is -0.101. The van der Waals surface area contributed by atoms with Crippen molar-refractivity contribution in [3.8, 4) is 17.2 Å². The molecule has 3 aromatic rings. The summed E-state index contributed by atoms with van der Waals surface area (Å²) in [5.41, 5.74) is 2.70. The molecule has 1 aliphatic heterocycles. The standard InChI is InChI=1S/C32H46N6O4/c1-4-5-18-38-25-27(34-35-38)11-10-23-42-30-15-14-26(24-31(30)41-3)32(39)33-16-8-9-17-36-19-21-37(22-20-36)28-12-6-7-13-29(28)40-2/h6-7,12-15,24-25H,4-5,8-11,16-23H2,1-3H3,(H,33,39). The van der Waals surface area contributed by atoms with Crippen molar-refractivity contribution in [3.63, 3.8) is 0 Å². The van der Waals surface area contributed by atoms with Gasteiger partial charge in [0.25, 0.3) is 5.91 Å². The van der Waals surface area contributed by atoms with Gasteiger partial charge in [-0.2, -0.15) is 0 Å². The van der Waals surface area contributed by atoms with E-state index in [1.54, 1.807) is 32.4 Å². The summed E-state index contributed by atoms with van der Waals surface area (Å²) in [4.78, 5) is 17.6. The molecule has 1 saturated heterocycles. The van der Waals surface area contributed by atoms with Crippen molar-refractivity contribution in [1.82, 2.24) is 25.2 Å². The number of ether oxygens (including phenoxy) is 3. The van der Waals surface area contributed by atoms with Gasteiger partial charge in [-0.3, -0.25) is 14.4 Å². The largest absolute Gasteiger partial charge is 0.495 e. The quantitative estimate of drug-likeness (QED) is 0.235. The lowest BCUT2D eigenvalue weighted by Crippen LogP contribution is -2.46. The molecule has 10 nitrogen and oxygen atoms in total. The summed E-state index contributed by atoms with van der Waals surface area (Å²) in [7, 11) is 3.32. The van der Waals surface area contributed by atoms with E-state index in [1.807, 2.05) is 23.0 Å². The molecule has 1 fully saturated rings. The van der Waals surface area contributed by atoms with E-state index >= 15 is 0 Å². The number of hydrogen-bond donors (Lipinski definition) is 1. The van der Waals surface area contributed by atoms with Gasteiger partial charge < -0.3 is 24.4 Å². The fourth-order valence-corrected chi connectivity index (χ4v) is 5.11. The van der Waals surface area contributed by atoms with Gasteiger partial charge in [-0.05, 0) is 69.0 Å². The Kier molecular flexibility index (Phi) is 12.3. The van der Waals surface area contributed by atoms with Gasteiger partial charge >= 0.3 is 0 Å². The fourth-order valence-electron chi connectivity index (χ4n) is 5.11. The van der Waals surface area contributed by atoms with Gasteiger partial charge in [0.15, 0.2) is 11.5 Å². The number of aromatic nitrogens is 3. The van der Waals surface area contributed by atoms with Gasteiger partial charge in [0.1, 0.15) is 5.75 Å². The molecule has 2 heterocycles. The third-order valence-corrected chi connectivity index (χ3v) is 7.57. The average molecular weight is 579 g/mol. The van der Waals surface area contributed by atoms with Crippen molar-refractivity contribution in [2.75, 3.05) is 65.0 Å². The minimum absolute atomic E-state index is 0.101. The molecule has 0 bridgehead atoms. The van der Waals surface area contributed by atoms with Gasteiger partial charge in [0.2, 0.25) is 0 Å². The summed E-state index contributed by atoms with van der Waals surface area (Å²) < 4.78 is 18.9. The number of carbonyl (C=O) groups excluding carboxylic acids is 1. The van der Waals surface area contributed by atoms with E-state index in [0.29, 0.717) is 30.2 Å². The minimum Gasteiger partial charge on any atom is -0.495 e. The maximum Gasteiger partial charge on any atom is 0.251 e. The molecule has 0 atom stereocenters. The SMILES string of the molecule is CCCCn1cc(CCCOc2ccc(C(=O)NCCCCN3CCN(c4ccccc4OC)CC3)cc2OC)nn1. The normalized spacial score (nSPS) is 13.6. The molecule has 1 N–H and O–H groups in total. The van der Waals surface area contributed by atoms with Crippen LogP contribution >= 0.6 is 0 Å². The first-order valence-electron chi connectivity index (χ1n) is 15.2. The summed E-state index contributed by atoms with van der Waals surface area (Å²) in [6.07, 6.45) is 7.84. The number of nitrogens with zero attached hydrogens (tertiary/aromatic N) is 5. The Balaban J connectivity index is 1.11. The van der Waals surface area contributed by atoms with Crippen molar-refractivity contribution >= 4 is 11.6 Å². The predicted molar refractivity (Wildman–Crippen MR) is 165 cm³/mol. The number of aryl methyl sites for hydroxylation is 2. The number of nitrogens with one attached hydrogen (secondary N) is 1. The molecule has 42 heavy (non-hydrogen) atoms. The number of carbonyl (C=O) groups is 1. The van der Waals surface area contributed by atoms with Crippen molar-refractivity contribution in [2.45, 2.75) is 52.0 Å². The van der Waals surface area contributed by atoms with Crippen LogP contribution in [0.15, 0.2) is 48.7 Å². The van der Waals surface area contributed by atoms with E-state index in [2.05, 4.69) is 44.5 Å². The highest BCUT2D eigenvalue weighted by Crippen LogP contribution is 2.29. The molecule has 0 unspecified atom stereocenters. The highest BCUT2D eigenvalue weighted by atomic mass is 16.5. The Bertz CT molecular complexity index is 1240. The van der Waals surface area contributed by atoms with Crippen LogP contribution in [0.2, 0.25) is 0 Å². The highest BCUT2D eigenvalue weighted by Gasteiger charge is 2.19. The topological polar surface area (TPSA) is 94.0 Å². The van der Waals surface area contributed by atoms with Crippen molar-refractivity contribution in [3.05, 3.63) is 59.9 Å². The zero-order chi connectivity index (χ0) is 29.6. The molecule has 1 aliphatic rings. The Morgan fingerprint density at radius 3 is 2.50 bits per heavy atom. The average Bonchev–Trinajstić information content (AvgIpc) is 3.49. The molecular formula is C32H46N6O4. The van der Waals surface area contributed by atoms with Crippen LogP contribution in [-0.4, -0.2) is 85.9 Å². The van der Waals surface area contributed by atoms with E-state index in [0.717, 1.165) is 94.9 Å². The Hall–Kier alpha value is -3.79. The van der Waals surface area contributed by atoms with Crippen LogP contribution in [0.5, 0.6) is 17.2 Å². The lowest BCUT2D eigenvalue weighted by atomic mass is 10.1. The third kappa shape index (κ3) is 9.11. The number of benzene rings is 2. The molecule has 228 valence electrons. The van der Waals surface area contributed by atoms with Crippen LogP contribution in [0.1, 0.15) is 55.1 Å². The summed E-state index contributed by atoms with van der Waals surface area (Å²) in [6, 6.07) is 13.5. The summed E-state index contributed by atoms with van der Waals surface area (Å²) in [6.45, 7) is 9.30. The van der Waals surface area contributed by atoms with E-state index in [-0.39, 0.29) is 5.91 Å². The van der Waals surface area contributed by atoms with Gasteiger partial charge in [0, 0.05) is 51.0 Å². The third-order valence-electron chi connectivity index (χ3n) is 7.57. The zero-order valence-corrected chi connectivity index (χ0v) is 25.4. The Labute approximate surface area is 249 Å². The van der Waals surface area contributed by atoms with E-state index in [1.165, 1.54) is 0 Å². The van der Waals surface area contributed by atoms with E-state index < -0.39 is 0 Å². The first kappa shape index (κ1) is 31.2. The lowest BCUT2D eigenvalue weighted by molar-refractivity contribution is 0.0952. The van der Waals surface area contributed by atoms with Crippen LogP contribution in [-0.2, 0) is 13.0 Å². The number of para-hydroxylation sites is 2. The van der Waals surface area contributed by atoms with Crippen LogP contribution in [0, 0.1) is 0 Å². The molecule has 4 rings (SSSR count). The van der Waals surface area contributed by atoms with Crippen LogP contribution < -0.4 is 24.4 Å². The number of hydrogen-bond acceptors (Lipinski definition) is 8. The maximum atomic E-state index is 12.7. The second-order valence-corrected chi connectivity index (χ2v) is 10.6. The molecule has 1 aromatic heterocycles. The number of piperazine rings is 1. The Morgan fingerprint density at radius 2 is 1.71 bits per heavy atom. The number of unbranched alkanes of at least 4 members (excludes halogenated alkanes) is 2. The number of anilines is 1. The van der Waals surface area contributed by atoms with Crippen LogP contribution in [0.25, 0.3) is 0 Å². The number of rotatable bonds is 17. The molecule has 0 saturated carbocycles. The summed E-state index contributed by atoms with van der Waals surface area (Å²) in [5, 5.41) is 11.5. The van der Waals surface area contributed by atoms with Gasteiger partial charge in [-0.15, -0.1) is 5.10 Å². The number of amides is 1. The van der Waals surface area contributed by atoms with Gasteiger partial charge in [-0.25, -0.2) is 0 Å². The molecular weight excluding hydrogens is 532 g/mol. The predicted octanol–water partition coefficient (Wildman–Crippen LogP) is 4.44. The second kappa shape index (κ2) is 16.6. The lowest BCUT2D eigenvalue weighted by Gasteiger charge is -2.36. The van der Waals surface area contributed by atoms with Crippen LogP contribution in [0.3, 0.4) is 0 Å². The van der Waals surface area contributed by atoms with Crippen molar-refractivity contribution < 1.29 is 19.0 Å².